The Balaban J connectivity index is 1.05. The SMILES string of the molecule is c1ccc(-c2cccc(-c3cccc(-c4nc(-c5cccc(-n6c7ccccc7c7ccccc76)c5)nc(-c5ccc6c7ccccc7c7ccccc7c6c5)n4)c3)c2)cc1. The van der Waals surface area contributed by atoms with Gasteiger partial charge in [0.15, 0.2) is 17.5 Å². The lowest BCUT2D eigenvalue weighted by atomic mass is 9.93. The van der Waals surface area contributed by atoms with Crippen LogP contribution >= 0.6 is 0 Å². The van der Waals surface area contributed by atoms with Crippen molar-refractivity contribution in [3.63, 3.8) is 0 Å². The topological polar surface area (TPSA) is 43.6 Å². The number of aromatic nitrogens is 4. The minimum Gasteiger partial charge on any atom is -0.309 e. The van der Waals surface area contributed by atoms with Gasteiger partial charge in [-0.3, -0.25) is 0 Å². The number of para-hydroxylation sites is 2. The molecule has 0 radical (unpaired) electrons. The van der Waals surface area contributed by atoms with Crippen molar-refractivity contribution in [3.05, 3.63) is 218 Å². The summed E-state index contributed by atoms with van der Waals surface area (Å²) < 4.78 is 2.34. The number of rotatable bonds is 6. The van der Waals surface area contributed by atoms with E-state index in [0.717, 1.165) is 44.5 Å². The van der Waals surface area contributed by atoms with E-state index < -0.39 is 0 Å². The normalized spacial score (nSPS) is 11.6. The first-order valence-corrected chi connectivity index (χ1v) is 20.7. The van der Waals surface area contributed by atoms with E-state index in [4.69, 9.17) is 15.0 Å². The van der Waals surface area contributed by atoms with Crippen LogP contribution in [0.1, 0.15) is 0 Å². The van der Waals surface area contributed by atoms with Gasteiger partial charge in [-0.15, -0.1) is 0 Å². The number of hydrogen-bond acceptors (Lipinski definition) is 3. The second kappa shape index (κ2) is 14.3. The Morgan fingerprint density at radius 1 is 0.230 bits per heavy atom. The molecule has 0 saturated heterocycles. The van der Waals surface area contributed by atoms with Crippen molar-refractivity contribution in [1.82, 2.24) is 19.5 Å². The van der Waals surface area contributed by atoms with Crippen LogP contribution in [0.3, 0.4) is 0 Å². The highest BCUT2D eigenvalue weighted by Gasteiger charge is 2.17. The molecule has 284 valence electrons. The molecule has 12 aromatic rings. The molecule has 61 heavy (non-hydrogen) atoms. The largest absolute Gasteiger partial charge is 0.309 e. The van der Waals surface area contributed by atoms with Crippen LogP contribution in [-0.2, 0) is 0 Å². The summed E-state index contributed by atoms with van der Waals surface area (Å²) in [6.07, 6.45) is 0. The Kier molecular flexibility index (Phi) is 8.13. The van der Waals surface area contributed by atoms with E-state index in [1.54, 1.807) is 0 Å². The van der Waals surface area contributed by atoms with E-state index in [-0.39, 0.29) is 0 Å². The predicted molar refractivity (Wildman–Crippen MR) is 254 cm³/mol. The molecule has 4 nitrogen and oxygen atoms in total. The molecule has 0 aliphatic rings. The Hall–Kier alpha value is -8.21. The van der Waals surface area contributed by atoms with E-state index >= 15 is 0 Å². The van der Waals surface area contributed by atoms with E-state index in [2.05, 4.69) is 223 Å². The maximum Gasteiger partial charge on any atom is 0.164 e. The minimum absolute atomic E-state index is 0.613. The molecule has 0 N–H and O–H groups in total. The first-order chi connectivity index (χ1) is 30.2. The van der Waals surface area contributed by atoms with Gasteiger partial charge in [-0.25, -0.2) is 15.0 Å². The maximum absolute atomic E-state index is 5.29. The van der Waals surface area contributed by atoms with Crippen molar-refractivity contribution < 1.29 is 0 Å². The van der Waals surface area contributed by atoms with E-state index in [1.807, 2.05) is 0 Å². The molecule has 4 heteroatoms. The van der Waals surface area contributed by atoms with Crippen LogP contribution in [0.2, 0.25) is 0 Å². The fraction of sp³-hybridized carbons (Fsp3) is 0. The quantitative estimate of drug-likeness (QED) is 0.158. The predicted octanol–water partition coefficient (Wildman–Crippen LogP) is 14.8. The molecule has 0 saturated carbocycles. The summed E-state index contributed by atoms with van der Waals surface area (Å²) in [4.78, 5) is 15.8. The summed E-state index contributed by atoms with van der Waals surface area (Å²) in [6.45, 7) is 0. The number of fused-ring (bicyclic) bond motifs is 9. The Morgan fingerprint density at radius 2 is 0.607 bits per heavy atom. The lowest BCUT2D eigenvalue weighted by Crippen LogP contribution is -2.01. The third kappa shape index (κ3) is 5.96. The van der Waals surface area contributed by atoms with Crippen molar-refractivity contribution in [1.29, 1.82) is 0 Å². The third-order valence-electron chi connectivity index (χ3n) is 12.0. The molecule has 0 atom stereocenters. The molecule has 0 amide bonds. The van der Waals surface area contributed by atoms with Gasteiger partial charge in [-0.05, 0) is 97.0 Å². The molecule has 0 bridgehead atoms. The van der Waals surface area contributed by atoms with Crippen molar-refractivity contribution >= 4 is 54.1 Å². The molecular formula is C57H36N4. The molecule has 0 spiro atoms. The molecule has 2 aromatic heterocycles. The highest BCUT2D eigenvalue weighted by molar-refractivity contribution is 6.25. The van der Waals surface area contributed by atoms with Crippen LogP contribution in [0, 0.1) is 0 Å². The van der Waals surface area contributed by atoms with Crippen molar-refractivity contribution in [2.24, 2.45) is 0 Å². The average Bonchev–Trinajstić information content (AvgIpc) is 3.68. The summed E-state index contributed by atoms with van der Waals surface area (Å²) in [5.74, 6) is 1.85. The smallest absolute Gasteiger partial charge is 0.164 e. The van der Waals surface area contributed by atoms with Crippen LogP contribution in [0.4, 0.5) is 0 Å². The maximum atomic E-state index is 5.29. The molecule has 10 aromatic carbocycles. The standard InChI is InChI=1S/C57H36N4/c1-2-15-37(16-3-1)38-17-12-18-39(33-38)40-19-13-20-41(34-40)55-58-56(42-21-14-22-44(35-42)61-53-29-10-8-27-50(53)51-28-9-11-30-54(51)61)60-57(59-55)43-31-32-49-47-25-5-4-23-45(47)46-24-6-7-26-48(46)52(49)36-43/h1-36H. The van der Waals surface area contributed by atoms with E-state index in [0.29, 0.717) is 17.5 Å². The highest BCUT2D eigenvalue weighted by Crippen LogP contribution is 2.38. The van der Waals surface area contributed by atoms with Crippen LogP contribution in [0.5, 0.6) is 0 Å². The number of hydrogen-bond donors (Lipinski definition) is 0. The van der Waals surface area contributed by atoms with Crippen LogP contribution < -0.4 is 0 Å². The average molecular weight is 777 g/mol. The molecule has 0 fully saturated rings. The zero-order valence-corrected chi connectivity index (χ0v) is 33.1. The van der Waals surface area contributed by atoms with Gasteiger partial charge in [0.05, 0.1) is 11.0 Å². The summed E-state index contributed by atoms with van der Waals surface area (Å²) in [5.41, 5.74) is 10.7. The van der Waals surface area contributed by atoms with E-state index in [1.165, 1.54) is 54.2 Å². The Morgan fingerprint density at radius 3 is 1.18 bits per heavy atom. The number of benzene rings is 10. The minimum atomic E-state index is 0.613. The lowest BCUT2D eigenvalue weighted by molar-refractivity contribution is 1.07. The van der Waals surface area contributed by atoms with Gasteiger partial charge in [-0.2, -0.15) is 0 Å². The van der Waals surface area contributed by atoms with E-state index in [9.17, 15) is 0 Å². The zero-order valence-electron chi connectivity index (χ0n) is 33.1. The molecule has 12 rings (SSSR count). The first-order valence-electron chi connectivity index (χ1n) is 20.7. The van der Waals surface area contributed by atoms with Crippen molar-refractivity contribution in [2.75, 3.05) is 0 Å². The number of nitrogens with zero attached hydrogens (tertiary/aromatic N) is 4. The molecule has 2 heterocycles. The molecular weight excluding hydrogens is 741 g/mol. The third-order valence-corrected chi connectivity index (χ3v) is 12.0. The van der Waals surface area contributed by atoms with Crippen LogP contribution in [-0.4, -0.2) is 19.5 Å². The highest BCUT2D eigenvalue weighted by atomic mass is 15.0. The monoisotopic (exact) mass is 776 g/mol. The Bertz CT molecular complexity index is 3570. The fourth-order valence-corrected chi connectivity index (χ4v) is 9.14. The summed E-state index contributed by atoms with van der Waals surface area (Å²) in [6, 6.07) is 77.5. The fourth-order valence-electron chi connectivity index (χ4n) is 9.14. The Labute approximate surface area is 352 Å². The van der Waals surface area contributed by atoms with Crippen LogP contribution in [0.25, 0.3) is 116 Å². The second-order valence-corrected chi connectivity index (χ2v) is 15.6. The summed E-state index contributed by atoms with van der Waals surface area (Å²) in [5, 5.41) is 9.74. The van der Waals surface area contributed by atoms with Gasteiger partial charge in [-0.1, -0.05) is 176 Å². The first kappa shape index (κ1) is 34.8. The molecule has 0 aliphatic carbocycles. The second-order valence-electron chi connectivity index (χ2n) is 15.6. The summed E-state index contributed by atoms with van der Waals surface area (Å²) >= 11 is 0. The van der Waals surface area contributed by atoms with Gasteiger partial charge < -0.3 is 4.57 Å². The molecule has 0 aliphatic heterocycles. The van der Waals surface area contributed by atoms with Crippen LogP contribution in [0.15, 0.2) is 218 Å². The van der Waals surface area contributed by atoms with Gasteiger partial charge in [0.1, 0.15) is 0 Å². The van der Waals surface area contributed by atoms with Gasteiger partial charge in [0, 0.05) is 33.2 Å². The molecule has 0 unspecified atom stereocenters. The summed E-state index contributed by atoms with van der Waals surface area (Å²) in [7, 11) is 0. The van der Waals surface area contributed by atoms with Gasteiger partial charge in [0.25, 0.3) is 0 Å². The zero-order chi connectivity index (χ0) is 40.3. The van der Waals surface area contributed by atoms with Gasteiger partial charge in [0.2, 0.25) is 0 Å². The van der Waals surface area contributed by atoms with Crippen molar-refractivity contribution in [2.45, 2.75) is 0 Å². The van der Waals surface area contributed by atoms with Crippen molar-refractivity contribution in [3.8, 4) is 62.1 Å². The lowest BCUT2D eigenvalue weighted by Gasteiger charge is -2.13. The van der Waals surface area contributed by atoms with Gasteiger partial charge >= 0.3 is 0 Å².